The lowest BCUT2D eigenvalue weighted by Crippen LogP contribution is -2.05. The molecule has 0 atom stereocenters. The third kappa shape index (κ3) is 10.7. The molecule has 2 aromatic rings. The fourth-order valence-electron chi connectivity index (χ4n) is 4.36. The summed E-state index contributed by atoms with van der Waals surface area (Å²) in [4.78, 5) is 11.8. The van der Waals surface area contributed by atoms with E-state index in [1.54, 1.807) is 6.07 Å². The van der Waals surface area contributed by atoms with Crippen molar-refractivity contribution in [3.63, 3.8) is 0 Å². The number of carboxylic acid groups (broad SMARTS) is 1. The van der Waals surface area contributed by atoms with Crippen LogP contribution < -0.4 is 9.47 Å². The first-order valence-electron chi connectivity index (χ1n) is 14.1. The molecule has 0 heterocycles. The van der Waals surface area contributed by atoms with Crippen LogP contribution in [0.15, 0.2) is 30.3 Å². The van der Waals surface area contributed by atoms with Gasteiger partial charge in [0.05, 0.1) is 18.8 Å². The van der Waals surface area contributed by atoms with Gasteiger partial charge in [-0.2, -0.15) is 4.39 Å². The number of hydrogen-bond donors (Lipinski definition) is 1. The van der Waals surface area contributed by atoms with E-state index < -0.39 is 17.6 Å². The largest absolute Gasteiger partial charge is 0.494 e. The Morgan fingerprint density at radius 2 is 1.22 bits per heavy atom. The van der Waals surface area contributed by atoms with Gasteiger partial charge in [0.25, 0.3) is 0 Å². The monoisotopic (exact) mass is 518 g/mol. The van der Waals surface area contributed by atoms with Crippen molar-refractivity contribution >= 4 is 5.97 Å². The van der Waals surface area contributed by atoms with Crippen LogP contribution in [0.2, 0.25) is 0 Å². The molecule has 206 valence electrons. The minimum atomic E-state index is -1.21. The summed E-state index contributed by atoms with van der Waals surface area (Å²) < 4.78 is 41.1. The van der Waals surface area contributed by atoms with Gasteiger partial charge in [-0.3, -0.25) is 0 Å². The number of carbonyl (C=O) groups is 1. The number of halogens is 2. The van der Waals surface area contributed by atoms with Crippen LogP contribution in [0, 0.1) is 11.6 Å². The van der Waals surface area contributed by atoms with E-state index in [1.807, 2.05) is 0 Å². The minimum Gasteiger partial charge on any atom is -0.494 e. The molecule has 2 aromatic carbocycles. The van der Waals surface area contributed by atoms with Crippen LogP contribution in [0.4, 0.5) is 8.78 Å². The Morgan fingerprint density at radius 3 is 1.78 bits per heavy atom. The van der Waals surface area contributed by atoms with E-state index in [-0.39, 0.29) is 22.4 Å². The Kier molecular flexibility index (Phi) is 14.7. The van der Waals surface area contributed by atoms with Gasteiger partial charge in [0.1, 0.15) is 5.75 Å². The number of carboxylic acids is 1. The van der Waals surface area contributed by atoms with Crippen molar-refractivity contribution in [3.05, 3.63) is 47.5 Å². The van der Waals surface area contributed by atoms with Crippen LogP contribution in [-0.4, -0.2) is 24.3 Å². The second kappa shape index (κ2) is 17.8. The predicted molar refractivity (Wildman–Crippen MR) is 146 cm³/mol. The minimum absolute atomic E-state index is 0.0831. The molecule has 2 rings (SSSR count). The van der Waals surface area contributed by atoms with Gasteiger partial charge >= 0.3 is 5.97 Å². The van der Waals surface area contributed by atoms with E-state index in [0.29, 0.717) is 19.0 Å². The molecule has 0 aromatic heterocycles. The van der Waals surface area contributed by atoms with Gasteiger partial charge in [0.2, 0.25) is 5.82 Å². The summed E-state index contributed by atoms with van der Waals surface area (Å²) in [6.45, 7) is 5.16. The van der Waals surface area contributed by atoms with E-state index in [9.17, 15) is 14.3 Å². The first-order valence-corrected chi connectivity index (χ1v) is 14.1. The molecular formula is C31H44F2O4. The number of unbranched alkanes of at least 4 members (excludes halogenated alkanes) is 12. The predicted octanol–water partition coefficient (Wildman–Crippen LogP) is 9.59. The van der Waals surface area contributed by atoms with Gasteiger partial charge in [-0.15, -0.1) is 0 Å². The zero-order chi connectivity index (χ0) is 26.9. The fourth-order valence-corrected chi connectivity index (χ4v) is 4.36. The third-order valence-electron chi connectivity index (χ3n) is 6.58. The highest BCUT2D eigenvalue weighted by Gasteiger charge is 2.21. The summed E-state index contributed by atoms with van der Waals surface area (Å²) in [5, 5.41) is 9.62. The smallest absolute Gasteiger partial charge is 0.336 e. The third-order valence-corrected chi connectivity index (χ3v) is 6.58. The van der Waals surface area contributed by atoms with Gasteiger partial charge in [0.15, 0.2) is 11.6 Å². The SMILES string of the molecule is CCCCCCCCCCOc1ccc(C(=O)O)c(-c2ccc(OCCCCCCCC)c(F)c2F)c1. The molecule has 6 heteroatoms. The Morgan fingerprint density at radius 1 is 0.676 bits per heavy atom. The van der Waals surface area contributed by atoms with Gasteiger partial charge in [-0.05, 0) is 43.2 Å². The van der Waals surface area contributed by atoms with Crippen LogP contribution in [0.25, 0.3) is 11.1 Å². The lowest BCUT2D eigenvalue weighted by Gasteiger charge is -2.14. The highest BCUT2D eigenvalue weighted by atomic mass is 19.2. The lowest BCUT2D eigenvalue weighted by atomic mass is 9.98. The Bertz CT molecular complexity index is 945. The van der Waals surface area contributed by atoms with Crippen molar-refractivity contribution in [1.82, 2.24) is 0 Å². The maximum atomic E-state index is 15.1. The number of benzene rings is 2. The summed E-state index contributed by atoms with van der Waals surface area (Å²) in [5.41, 5.74) is -0.155. The molecule has 0 saturated heterocycles. The highest BCUT2D eigenvalue weighted by Crippen LogP contribution is 2.34. The second-order valence-electron chi connectivity index (χ2n) is 9.69. The molecule has 0 unspecified atom stereocenters. The molecule has 0 spiro atoms. The first-order chi connectivity index (χ1) is 18.0. The van der Waals surface area contributed by atoms with Crippen molar-refractivity contribution in [1.29, 1.82) is 0 Å². The normalized spacial score (nSPS) is 11.0. The zero-order valence-corrected chi connectivity index (χ0v) is 22.6. The first kappa shape index (κ1) is 30.6. The van der Waals surface area contributed by atoms with E-state index in [1.165, 1.54) is 75.6 Å². The molecule has 4 nitrogen and oxygen atoms in total. The number of hydrogen-bond acceptors (Lipinski definition) is 3. The van der Waals surface area contributed by atoms with Crippen LogP contribution in [0.5, 0.6) is 11.5 Å². The molecular weight excluding hydrogens is 474 g/mol. The van der Waals surface area contributed by atoms with E-state index >= 15 is 4.39 Å². The number of aromatic carboxylic acids is 1. The van der Waals surface area contributed by atoms with Crippen LogP contribution in [0.1, 0.15) is 114 Å². The van der Waals surface area contributed by atoms with E-state index in [2.05, 4.69) is 13.8 Å². The standard InChI is InChI=1S/C31H44F2O4/c1-3-5-7-9-11-12-14-15-21-36-24-17-18-26(31(34)35)27(23-24)25-19-20-28(30(33)29(25)32)37-22-16-13-10-8-6-4-2/h17-20,23H,3-16,21-22H2,1-2H3,(H,34,35). The van der Waals surface area contributed by atoms with E-state index in [4.69, 9.17) is 9.47 Å². The summed E-state index contributed by atoms with van der Waals surface area (Å²) in [6, 6.07) is 7.15. The number of ether oxygens (including phenoxy) is 2. The molecule has 0 saturated carbocycles. The molecule has 0 fully saturated rings. The number of rotatable bonds is 20. The zero-order valence-electron chi connectivity index (χ0n) is 22.6. The fraction of sp³-hybridized carbons (Fsp3) is 0.581. The highest BCUT2D eigenvalue weighted by molar-refractivity contribution is 5.96. The Hall–Kier alpha value is -2.63. The molecule has 0 aliphatic heterocycles. The maximum Gasteiger partial charge on any atom is 0.336 e. The molecule has 1 N–H and O–H groups in total. The summed E-state index contributed by atoms with van der Waals surface area (Å²) in [6.07, 6.45) is 15.8. The van der Waals surface area contributed by atoms with Gasteiger partial charge in [-0.25, -0.2) is 9.18 Å². The molecule has 0 aliphatic rings. The Balaban J connectivity index is 1.98. The van der Waals surface area contributed by atoms with Crippen molar-refractivity contribution < 1.29 is 28.2 Å². The summed E-state index contributed by atoms with van der Waals surface area (Å²) in [5.74, 6) is -3.17. The molecule has 0 radical (unpaired) electrons. The quantitative estimate of drug-likeness (QED) is 0.177. The summed E-state index contributed by atoms with van der Waals surface area (Å²) >= 11 is 0. The maximum absolute atomic E-state index is 15.1. The van der Waals surface area contributed by atoms with Gasteiger partial charge in [-0.1, -0.05) is 90.9 Å². The average molecular weight is 519 g/mol. The van der Waals surface area contributed by atoms with Crippen LogP contribution in [0.3, 0.4) is 0 Å². The lowest BCUT2D eigenvalue weighted by molar-refractivity contribution is 0.0697. The van der Waals surface area contributed by atoms with Gasteiger partial charge in [0, 0.05) is 11.1 Å². The Labute approximate surface area is 221 Å². The topological polar surface area (TPSA) is 55.8 Å². The molecule has 0 aliphatic carbocycles. The molecule has 37 heavy (non-hydrogen) atoms. The average Bonchev–Trinajstić information content (AvgIpc) is 2.89. The summed E-state index contributed by atoms with van der Waals surface area (Å²) in [7, 11) is 0. The van der Waals surface area contributed by atoms with Crippen molar-refractivity contribution in [2.24, 2.45) is 0 Å². The van der Waals surface area contributed by atoms with Crippen molar-refractivity contribution in [2.45, 2.75) is 104 Å². The van der Waals surface area contributed by atoms with Crippen molar-refractivity contribution in [3.8, 4) is 22.6 Å². The molecule has 0 bridgehead atoms. The second-order valence-corrected chi connectivity index (χ2v) is 9.69. The van der Waals surface area contributed by atoms with Crippen LogP contribution >= 0.6 is 0 Å². The van der Waals surface area contributed by atoms with Gasteiger partial charge < -0.3 is 14.6 Å². The van der Waals surface area contributed by atoms with E-state index in [0.717, 1.165) is 38.5 Å². The van der Waals surface area contributed by atoms with Crippen LogP contribution in [-0.2, 0) is 0 Å². The van der Waals surface area contributed by atoms with Crippen molar-refractivity contribution in [2.75, 3.05) is 13.2 Å². The molecule has 0 amide bonds.